The molecule has 1 unspecified atom stereocenters. The summed E-state index contributed by atoms with van der Waals surface area (Å²) in [6.07, 6.45) is 1.93. The number of hydrogen-bond donors (Lipinski definition) is 1. The van der Waals surface area contributed by atoms with Crippen LogP contribution in [0, 0.1) is 11.8 Å². The molecule has 1 atom stereocenters. The highest BCUT2D eigenvalue weighted by Crippen LogP contribution is 2.11. The van der Waals surface area contributed by atoms with Gasteiger partial charge < -0.3 is 10.5 Å². The number of nitrogens with two attached hydrogens (primary N) is 1. The third kappa shape index (κ3) is 6.66. The van der Waals surface area contributed by atoms with Gasteiger partial charge in [-0.2, -0.15) is 0 Å². The molecular weight excluding hydrogens is 188 g/mol. The van der Waals surface area contributed by atoms with Crippen LogP contribution in [-0.4, -0.2) is 44.8 Å². The number of ether oxygens (including phenoxy) is 1. The summed E-state index contributed by atoms with van der Waals surface area (Å²) in [5, 5.41) is 0. The lowest BCUT2D eigenvalue weighted by Gasteiger charge is -2.27. The van der Waals surface area contributed by atoms with Crippen molar-refractivity contribution in [1.29, 1.82) is 0 Å². The molecule has 3 heteroatoms. The predicted molar refractivity (Wildman–Crippen MR) is 65.9 cm³/mol. The number of hydrogen-bond acceptors (Lipinski definition) is 3. The molecule has 0 heterocycles. The van der Waals surface area contributed by atoms with E-state index in [0.717, 1.165) is 32.8 Å². The molecule has 15 heavy (non-hydrogen) atoms. The Hall–Kier alpha value is -0.380. The molecule has 0 amide bonds. The molecule has 0 aliphatic rings. The SMILES string of the molecule is C=CCN(CCOC)CC(CN)C(C)C. The van der Waals surface area contributed by atoms with E-state index >= 15 is 0 Å². The van der Waals surface area contributed by atoms with Gasteiger partial charge in [0, 0.05) is 26.7 Å². The fourth-order valence-electron chi connectivity index (χ4n) is 1.55. The van der Waals surface area contributed by atoms with Crippen molar-refractivity contribution in [3.63, 3.8) is 0 Å². The quantitative estimate of drug-likeness (QED) is 0.589. The molecule has 3 nitrogen and oxygen atoms in total. The molecule has 0 fully saturated rings. The zero-order valence-electron chi connectivity index (χ0n) is 10.4. The average molecular weight is 214 g/mol. The summed E-state index contributed by atoms with van der Waals surface area (Å²) in [5.74, 6) is 1.19. The second kappa shape index (κ2) is 8.89. The highest BCUT2D eigenvalue weighted by atomic mass is 16.5. The van der Waals surface area contributed by atoms with Crippen LogP contribution in [0.4, 0.5) is 0 Å². The van der Waals surface area contributed by atoms with Crippen LogP contribution >= 0.6 is 0 Å². The maximum absolute atomic E-state index is 5.76. The van der Waals surface area contributed by atoms with Crippen LogP contribution in [0.3, 0.4) is 0 Å². The Labute approximate surface area is 94.3 Å². The minimum absolute atomic E-state index is 0.557. The van der Waals surface area contributed by atoms with Crippen molar-refractivity contribution in [2.75, 3.05) is 39.9 Å². The minimum Gasteiger partial charge on any atom is -0.383 e. The summed E-state index contributed by atoms with van der Waals surface area (Å²) in [6, 6.07) is 0. The van der Waals surface area contributed by atoms with Gasteiger partial charge in [-0.1, -0.05) is 19.9 Å². The summed E-state index contributed by atoms with van der Waals surface area (Å²) < 4.78 is 5.09. The Kier molecular flexibility index (Phi) is 8.67. The van der Waals surface area contributed by atoms with E-state index in [1.165, 1.54) is 0 Å². The third-order valence-corrected chi connectivity index (χ3v) is 2.74. The zero-order valence-corrected chi connectivity index (χ0v) is 10.4. The summed E-state index contributed by atoms with van der Waals surface area (Å²) in [7, 11) is 1.73. The highest BCUT2D eigenvalue weighted by Gasteiger charge is 2.15. The fraction of sp³-hybridized carbons (Fsp3) is 0.833. The van der Waals surface area contributed by atoms with Crippen LogP contribution in [0.2, 0.25) is 0 Å². The molecular formula is C12H26N2O. The molecule has 0 aromatic rings. The van der Waals surface area contributed by atoms with E-state index in [1.54, 1.807) is 7.11 Å². The summed E-state index contributed by atoms with van der Waals surface area (Å²) in [5.41, 5.74) is 5.76. The first kappa shape index (κ1) is 14.6. The van der Waals surface area contributed by atoms with Crippen molar-refractivity contribution >= 4 is 0 Å². The van der Waals surface area contributed by atoms with Crippen LogP contribution in [0.5, 0.6) is 0 Å². The van der Waals surface area contributed by atoms with Gasteiger partial charge in [-0.25, -0.2) is 0 Å². The van der Waals surface area contributed by atoms with Crippen molar-refractivity contribution in [2.24, 2.45) is 17.6 Å². The van der Waals surface area contributed by atoms with Crippen molar-refractivity contribution in [1.82, 2.24) is 4.90 Å². The van der Waals surface area contributed by atoms with Gasteiger partial charge in [-0.05, 0) is 18.4 Å². The van der Waals surface area contributed by atoms with E-state index in [1.807, 2.05) is 6.08 Å². The molecule has 0 aliphatic heterocycles. The van der Waals surface area contributed by atoms with Crippen LogP contribution in [-0.2, 0) is 4.74 Å². The molecule has 0 saturated heterocycles. The Balaban J connectivity index is 4.05. The van der Waals surface area contributed by atoms with E-state index in [-0.39, 0.29) is 0 Å². The Morgan fingerprint density at radius 2 is 2.13 bits per heavy atom. The van der Waals surface area contributed by atoms with Gasteiger partial charge in [-0.15, -0.1) is 6.58 Å². The maximum Gasteiger partial charge on any atom is 0.0589 e. The van der Waals surface area contributed by atoms with Gasteiger partial charge in [0.05, 0.1) is 6.61 Å². The lowest BCUT2D eigenvalue weighted by atomic mass is 9.95. The summed E-state index contributed by atoms with van der Waals surface area (Å²) >= 11 is 0. The van der Waals surface area contributed by atoms with Crippen molar-refractivity contribution < 1.29 is 4.74 Å². The zero-order chi connectivity index (χ0) is 11.7. The molecule has 90 valence electrons. The third-order valence-electron chi connectivity index (χ3n) is 2.74. The number of nitrogens with zero attached hydrogens (tertiary/aromatic N) is 1. The normalized spacial score (nSPS) is 13.5. The lowest BCUT2D eigenvalue weighted by molar-refractivity contribution is 0.137. The molecule has 2 N–H and O–H groups in total. The first-order valence-electron chi connectivity index (χ1n) is 5.67. The average Bonchev–Trinajstić information content (AvgIpc) is 2.21. The van der Waals surface area contributed by atoms with E-state index in [0.29, 0.717) is 11.8 Å². The van der Waals surface area contributed by atoms with Gasteiger partial charge in [0.2, 0.25) is 0 Å². The second-order valence-corrected chi connectivity index (χ2v) is 4.28. The van der Waals surface area contributed by atoms with Crippen LogP contribution in [0.1, 0.15) is 13.8 Å². The van der Waals surface area contributed by atoms with Crippen LogP contribution < -0.4 is 5.73 Å². The first-order valence-corrected chi connectivity index (χ1v) is 5.67. The smallest absolute Gasteiger partial charge is 0.0589 e. The number of rotatable bonds is 9. The fourth-order valence-corrected chi connectivity index (χ4v) is 1.55. The minimum atomic E-state index is 0.557. The Morgan fingerprint density at radius 3 is 2.53 bits per heavy atom. The van der Waals surface area contributed by atoms with Crippen molar-refractivity contribution in [3.05, 3.63) is 12.7 Å². The Bertz CT molecular complexity index is 160. The topological polar surface area (TPSA) is 38.5 Å². The second-order valence-electron chi connectivity index (χ2n) is 4.28. The van der Waals surface area contributed by atoms with Gasteiger partial charge in [0.25, 0.3) is 0 Å². The van der Waals surface area contributed by atoms with Crippen molar-refractivity contribution in [2.45, 2.75) is 13.8 Å². The largest absolute Gasteiger partial charge is 0.383 e. The van der Waals surface area contributed by atoms with Gasteiger partial charge in [-0.3, -0.25) is 4.90 Å². The molecule has 0 rings (SSSR count). The first-order chi connectivity index (χ1) is 7.15. The molecule has 0 aromatic carbocycles. The van der Waals surface area contributed by atoms with Crippen molar-refractivity contribution in [3.8, 4) is 0 Å². The molecule has 0 aliphatic carbocycles. The number of methoxy groups -OCH3 is 1. The molecule has 0 saturated carbocycles. The molecule has 0 spiro atoms. The highest BCUT2D eigenvalue weighted by molar-refractivity contribution is 4.77. The van der Waals surface area contributed by atoms with Gasteiger partial charge in [0.1, 0.15) is 0 Å². The summed E-state index contributed by atoms with van der Waals surface area (Å²) in [6.45, 7) is 12.6. The predicted octanol–water partition coefficient (Wildman–Crippen LogP) is 1.35. The molecule has 0 bridgehead atoms. The van der Waals surface area contributed by atoms with E-state index in [4.69, 9.17) is 10.5 Å². The van der Waals surface area contributed by atoms with E-state index < -0.39 is 0 Å². The van der Waals surface area contributed by atoms with Crippen LogP contribution in [0.15, 0.2) is 12.7 Å². The summed E-state index contributed by atoms with van der Waals surface area (Å²) in [4.78, 5) is 2.34. The van der Waals surface area contributed by atoms with E-state index in [9.17, 15) is 0 Å². The monoisotopic (exact) mass is 214 g/mol. The molecule has 0 aromatic heterocycles. The lowest BCUT2D eigenvalue weighted by Crippen LogP contribution is -2.37. The van der Waals surface area contributed by atoms with Gasteiger partial charge >= 0.3 is 0 Å². The standard InChI is InChI=1S/C12H26N2O/c1-5-6-14(7-8-15-4)10-12(9-13)11(2)3/h5,11-12H,1,6-10,13H2,2-4H3. The van der Waals surface area contributed by atoms with Gasteiger partial charge in [0.15, 0.2) is 0 Å². The maximum atomic E-state index is 5.76. The van der Waals surface area contributed by atoms with Crippen LogP contribution in [0.25, 0.3) is 0 Å². The molecule has 0 radical (unpaired) electrons. The van der Waals surface area contributed by atoms with E-state index in [2.05, 4.69) is 25.3 Å². The Morgan fingerprint density at radius 1 is 1.47 bits per heavy atom.